The van der Waals surface area contributed by atoms with E-state index in [4.69, 9.17) is 31.2 Å². The molecule has 0 bridgehead atoms. The maximum atomic E-state index is 5.42. The van der Waals surface area contributed by atoms with Crippen LogP contribution in [0.2, 0.25) is 0 Å². The van der Waals surface area contributed by atoms with Gasteiger partial charge in [0.1, 0.15) is 0 Å². The summed E-state index contributed by atoms with van der Waals surface area (Å²) in [6.45, 7) is 0. The van der Waals surface area contributed by atoms with Gasteiger partial charge in [0.25, 0.3) is 0 Å². The van der Waals surface area contributed by atoms with E-state index in [0.29, 0.717) is 33.6 Å². The molecule has 0 radical (unpaired) electrons. The van der Waals surface area contributed by atoms with Crippen molar-refractivity contribution < 1.29 is 18.9 Å². The summed E-state index contributed by atoms with van der Waals surface area (Å²) in [5, 5.41) is 7.21. The minimum atomic E-state index is 0.460. The van der Waals surface area contributed by atoms with Crippen LogP contribution in [-0.4, -0.2) is 43.2 Å². The fraction of sp³-hybridized carbons (Fsp3) is 0.222. The molecule has 0 unspecified atom stereocenters. The van der Waals surface area contributed by atoms with Crippen LogP contribution in [0.4, 0.5) is 0 Å². The molecule has 136 valence electrons. The summed E-state index contributed by atoms with van der Waals surface area (Å²) in [5.41, 5.74) is 1.62. The van der Waals surface area contributed by atoms with Gasteiger partial charge >= 0.3 is 0 Å². The first-order valence-electron chi connectivity index (χ1n) is 7.75. The molecular weight excluding hydrogens is 354 g/mol. The number of rotatable bonds is 6. The zero-order valence-electron chi connectivity index (χ0n) is 14.9. The molecule has 0 fully saturated rings. The van der Waals surface area contributed by atoms with Crippen molar-refractivity contribution in [2.75, 3.05) is 28.4 Å². The van der Waals surface area contributed by atoms with Gasteiger partial charge in [0.05, 0.1) is 34.1 Å². The predicted molar refractivity (Wildman–Crippen MR) is 100 cm³/mol. The zero-order valence-corrected chi connectivity index (χ0v) is 15.7. The molecule has 3 aromatic rings. The molecule has 1 N–H and O–H groups in total. The van der Waals surface area contributed by atoms with Crippen molar-refractivity contribution >= 4 is 12.2 Å². The number of aromatic amines is 1. The Balaban J connectivity index is 2.15. The standard InChI is InChI=1S/C18H19N3O4S/c1-22-13-7-5-11(9-15(13)24-3)17-19-20-18(26)21(17)12-6-8-14(23-2)16(10-12)25-4/h5-10H,1-4H3,(H,20,26). The number of ether oxygens (including phenoxy) is 4. The lowest BCUT2D eigenvalue weighted by Crippen LogP contribution is -2.00. The Labute approximate surface area is 156 Å². The fourth-order valence-corrected chi connectivity index (χ4v) is 2.91. The summed E-state index contributed by atoms with van der Waals surface area (Å²) in [6, 6.07) is 11.1. The maximum Gasteiger partial charge on any atom is 0.200 e. The first-order chi connectivity index (χ1) is 12.6. The highest BCUT2D eigenvalue weighted by Gasteiger charge is 2.15. The van der Waals surface area contributed by atoms with E-state index >= 15 is 0 Å². The summed E-state index contributed by atoms with van der Waals surface area (Å²) in [5.74, 6) is 3.13. The summed E-state index contributed by atoms with van der Waals surface area (Å²) >= 11 is 5.42. The van der Waals surface area contributed by atoms with E-state index in [1.807, 2.05) is 41.0 Å². The molecular formula is C18H19N3O4S. The summed E-state index contributed by atoms with van der Waals surface area (Å²) < 4.78 is 23.6. The Morgan fingerprint density at radius 2 is 1.38 bits per heavy atom. The number of H-pyrrole nitrogens is 1. The van der Waals surface area contributed by atoms with Crippen LogP contribution in [-0.2, 0) is 0 Å². The van der Waals surface area contributed by atoms with Gasteiger partial charge in [0.2, 0.25) is 0 Å². The number of aromatic nitrogens is 3. The number of hydrogen-bond acceptors (Lipinski definition) is 6. The highest BCUT2D eigenvalue weighted by Crippen LogP contribution is 2.34. The van der Waals surface area contributed by atoms with Crippen LogP contribution in [0.15, 0.2) is 36.4 Å². The Hall–Kier alpha value is -3.00. The molecule has 1 aromatic heterocycles. The van der Waals surface area contributed by atoms with E-state index in [1.165, 1.54) is 0 Å². The second-order valence-corrected chi connectivity index (χ2v) is 5.68. The molecule has 0 amide bonds. The summed E-state index contributed by atoms with van der Waals surface area (Å²) in [7, 11) is 6.37. The van der Waals surface area contributed by atoms with Crippen LogP contribution in [0, 0.1) is 4.77 Å². The molecule has 0 saturated carbocycles. The minimum Gasteiger partial charge on any atom is -0.493 e. The molecule has 7 nitrogen and oxygen atoms in total. The molecule has 0 aliphatic rings. The van der Waals surface area contributed by atoms with Gasteiger partial charge in [-0.1, -0.05) is 0 Å². The second kappa shape index (κ2) is 7.49. The molecule has 26 heavy (non-hydrogen) atoms. The Kier molecular flexibility index (Phi) is 5.13. The molecule has 0 aliphatic carbocycles. The third kappa shape index (κ3) is 3.11. The van der Waals surface area contributed by atoms with Crippen molar-refractivity contribution in [3.63, 3.8) is 0 Å². The summed E-state index contributed by atoms with van der Waals surface area (Å²) in [6.07, 6.45) is 0. The van der Waals surface area contributed by atoms with Gasteiger partial charge < -0.3 is 18.9 Å². The van der Waals surface area contributed by atoms with Crippen LogP contribution in [0.3, 0.4) is 0 Å². The highest BCUT2D eigenvalue weighted by atomic mass is 32.1. The molecule has 0 aliphatic heterocycles. The zero-order chi connectivity index (χ0) is 18.7. The minimum absolute atomic E-state index is 0.460. The number of benzene rings is 2. The van der Waals surface area contributed by atoms with E-state index in [-0.39, 0.29) is 0 Å². The van der Waals surface area contributed by atoms with Crippen LogP contribution >= 0.6 is 12.2 Å². The molecule has 1 heterocycles. The first kappa shape index (κ1) is 17.8. The Bertz CT molecular complexity index is 981. The quantitative estimate of drug-likeness (QED) is 0.666. The van der Waals surface area contributed by atoms with Crippen LogP contribution < -0.4 is 18.9 Å². The smallest absolute Gasteiger partial charge is 0.200 e. The van der Waals surface area contributed by atoms with E-state index in [1.54, 1.807) is 28.4 Å². The van der Waals surface area contributed by atoms with E-state index in [9.17, 15) is 0 Å². The second-order valence-electron chi connectivity index (χ2n) is 5.30. The van der Waals surface area contributed by atoms with Crippen LogP contribution in [0.25, 0.3) is 17.1 Å². The highest BCUT2D eigenvalue weighted by molar-refractivity contribution is 7.71. The normalized spacial score (nSPS) is 10.5. The van der Waals surface area contributed by atoms with Crippen molar-refractivity contribution in [3.8, 4) is 40.1 Å². The largest absolute Gasteiger partial charge is 0.493 e. The molecule has 0 spiro atoms. The van der Waals surface area contributed by atoms with Gasteiger partial charge in [-0.3, -0.25) is 9.67 Å². The van der Waals surface area contributed by atoms with Gasteiger partial charge in [-0.2, -0.15) is 5.10 Å². The average molecular weight is 373 g/mol. The van der Waals surface area contributed by atoms with E-state index in [2.05, 4.69) is 10.2 Å². The Morgan fingerprint density at radius 1 is 0.808 bits per heavy atom. The van der Waals surface area contributed by atoms with Crippen molar-refractivity contribution in [2.24, 2.45) is 0 Å². The van der Waals surface area contributed by atoms with E-state index in [0.717, 1.165) is 11.3 Å². The monoisotopic (exact) mass is 373 g/mol. The number of nitrogens with one attached hydrogen (secondary N) is 1. The van der Waals surface area contributed by atoms with Crippen LogP contribution in [0.5, 0.6) is 23.0 Å². The average Bonchev–Trinajstić information content (AvgIpc) is 3.08. The SMILES string of the molecule is COc1ccc(-c2n[nH]c(=S)n2-c2ccc(OC)c(OC)c2)cc1OC. The van der Waals surface area contributed by atoms with Gasteiger partial charge in [-0.15, -0.1) is 0 Å². The third-order valence-corrected chi connectivity index (χ3v) is 4.21. The predicted octanol–water partition coefficient (Wildman–Crippen LogP) is 3.63. The van der Waals surface area contributed by atoms with Crippen LogP contribution in [0.1, 0.15) is 0 Å². The molecule has 3 rings (SSSR count). The number of hydrogen-bond donors (Lipinski definition) is 1. The summed E-state index contributed by atoms with van der Waals surface area (Å²) in [4.78, 5) is 0. The maximum absolute atomic E-state index is 5.42. The van der Waals surface area contributed by atoms with Gasteiger partial charge in [0, 0.05) is 11.6 Å². The van der Waals surface area contributed by atoms with Gasteiger partial charge in [0.15, 0.2) is 33.6 Å². The van der Waals surface area contributed by atoms with E-state index < -0.39 is 0 Å². The number of methoxy groups -OCH3 is 4. The Morgan fingerprint density at radius 3 is 2.00 bits per heavy atom. The number of nitrogens with zero attached hydrogens (tertiary/aromatic N) is 2. The topological polar surface area (TPSA) is 70.5 Å². The molecule has 8 heteroatoms. The van der Waals surface area contributed by atoms with Crippen molar-refractivity contribution in [2.45, 2.75) is 0 Å². The van der Waals surface area contributed by atoms with Gasteiger partial charge in [-0.25, -0.2) is 0 Å². The lowest BCUT2D eigenvalue weighted by Gasteiger charge is -2.13. The lowest BCUT2D eigenvalue weighted by atomic mass is 10.1. The fourth-order valence-electron chi connectivity index (χ4n) is 2.67. The van der Waals surface area contributed by atoms with Crippen molar-refractivity contribution in [3.05, 3.63) is 41.2 Å². The molecule has 0 atom stereocenters. The van der Waals surface area contributed by atoms with Crippen molar-refractivity contribution in [1.82, 2.24) is 14.8 Å². The van der Waals surface area contributed by atoms with Crippen molar-refractivity contribution in [1.29, 1.82) is 0 Å². The van der Waals surface area contributed by atoms with Gasteiger partial charge in [-0.05, 0) is 42.5 Å². The first-order valence-corrected chi connectivity index (χ1v) is 8.16. The molecule has 0 saturated heterocycles. The third-order valence-electron chi connectivity index (χ3n) is 3.94. The molecule has 2 aromatic carbocycles. The lowest BCUT2D eigenvalue weighted by molar-refractivity contribution is 0.355.